The summed E-state index contributed by atoms with van der Waals surface area (Å²) in [5.74, 6) is 0.331. The number of nitrogen functional groups attached to an aromatic ring is 1. The number of rotatable bonds is 3. The zero-order valence-electron chi connectivity index (χ0n) is 14.5. The molecule has 1 aliphatic heterocycles. The minimum Gasteiger partial charge on any atom is -0.406 e. The van der Waals surface area contributed by atoms with Crippen LogP contribution in [0.2, 0.25) is 0 Å². The zero-order valence-corrected chi connectivity index (χ0v) is 14.5. The predicted octanol–water partition coefficient (Wildman–Crippen LogP) is 2.40. The lowest BCUT2D eigenvalue weighted by atomic mass is 10.1. The van der Waals surface area contributed by atoms with Crippen LogP contribution in [0.25, 0.3) is 22.4 Å². The fraction of sp³-hybridized carbons (Fsp3) is 0.294. The molecule has 8 nitrogen and oxygen atoms in total. The van der Waals surface area contributed by atoms with Crippen molar-refractivity contribution in [2.24, 2.45) is 0 Å². The molecule has 2 N–H and O–H groups in total. The fourth-order valence-electron chi connectivity index (χ4n) is 2.87. The molecule has 1 saturated heterocycles. The summed E-state index contributed by atoms with van der Waals surface area (Å²) < 4.78 is 46.2. The van der Waals surface area contributed by atoms with Gasteiger partial charge in [0.25, 0.3) is 0 Å². The molecule has 1 aromatic carbocycles. The molecule has 0 atom stereocenters. The van der Waals surface area contributed by atoms with Gasteiger partial charge in [0.1, 0.15) is 5.75 Å². The summed E-state index contributed by atoms with van der Waals surface area (Å²) >= 11 is 0. The van der Waals surface area contributed by atoms with Gasteiger partial charge in [0.15, 0.2) is 17.0 Å². The molecule has 1 fully saturated rings. The van der Waals surface area contributed by atoms with Gasteiger partial charge >= 0.3 is 6.36 Å². The minimum atomic E-state index is -4.74. The molecular formula is C17H15F3N6O2. The second kappa shape index (κ2) is 7.08. The van der Waals surface area contributed by atoms with Crippen LogP contribution >= 0.6 is 0 Å². The number of hydrogen-bond acceptors (Lipinski definition) is 8. The number of nitrogens with zero attached hydrogens (tertiary/aromatic N) is 5. The van der Waals surface area contributed by atoms with Crippen molar-refractivity contribution in [2.45, 2.75) is 6.36 Å². The molecule has 0 bridgehead atoms. The van der Waals surface area contributed by atoms with Crippen LogP contribution in [0.15, 0.2) is 30.5 Å². The lowest BCUT2D eigenvalue weighted by Crippen LogP contribution is -2.37. The summed E-state index contributed by atoms with van der Waals surface area (Å²) in [4.78, 5) is 19.3. The Bertz CT molecular complexity index is 991. The molecule has 3 aromatic rings. The van der Waals surface area contributed by atoms with Crippen molar-refractivity contribution in [3.63, 3.8) is 0 Å². The highest BCUT2D eigenvalue weighted by atomic mass is 19.4. The molecule has 0 spiro atoms. The summed E-state index contributed by atoms with van der Waals surface area (Å²) in [5.41, 5.74) is 7.64. The first-order valence-corrected chi connectivity index (χ1v) is 8.38. The summed E-state index contributed by atoms with van der Waals surface area (Å²) in [7, 11) is 0. The number of aromatic nitrogens is 4. The van der Waals surface area contributed by atoms with E-state index in [1.165, 1.54) is 30.5 Å². The lowest BCUT2D eigenvalue weighted by molar-refractivity contribution is -0.274. The zero-order chi connectivity index (χ0) is 19.7. The van der Waals surface area contributed by atoms with E-state index in [0.29, 0.717) is 54.5 Å². The molecule has 0 saturated carbocycles. The van der Waals surface area contributed by atoms with Gasteiger partial charge in [0.2, 0.25) is 5.95 Å². The van der Waals surface area contributed by atoms with Gasteiger partial charge in [-0.05, 0) is 24.3 Å². The third-order valence-corrected chi connectivity index (χ3v) is 4.10. The maximum Gasteiger partial charge on any atom is 0.573 e. The normalized spacial score (nSPS) is 15.0. The van der Waals surface area contributed by atoms with Crippen LogP contribution in [0, 0.1) is 0 Å². The summed E-state index contributed by atoms with van der Waals surface area (Å²) in [6.45, 7) is 2.36. The molecule has 28 heavy (non-hydrogen) atoms. The summed E-state index contributed by atoms with van der Waals surface area (Å²) in [5, 5.41) is 0. The number of morpholine rings is 1. The fourth-order valence-corrected chi connectivity index (χ4v) is 2.87. The van der Waals surface area contributed by atoms with Gasteiger partial charge in [-0.1, -0.05) is 0 Å². The second-order valence-corrected chi connectivity index (χ2v) is 6.00. The molecule has 0 amide bonds. The minimum absolute atomic E-state index is 0.0877. The van der Waals surface area contributed by atoms with Gasteiger partial charge in [0.05, 0.1) is 25.1 Å². The maximum atomic E-state index is 12.3. The monoisotopic (exact) mass is 392 g/mol. The number of fused-ring (bicyclic) bond motifs is 1. The van der Waals surface area contributed by atoms with Gasteiger partial charge < -0.3 is 20.1 Å². The molecule has 0 radical (unpaired) electrons. The number of alkyl halides is 3. The topological polar surface area (TPSA) is 99.3 Å². The van der Waals surface area contributed by atoms with Crippen molar-refractivity contribution in [1.29, 1.82) is 0 Å². The van der Waals surface area contributed by atoms with Crippen LogP contribution in [-0.4, -0.2) is 52.6 Å². The molecular weight excluding hydrogens is 377 g/mol. The third-order valence-electron chi connectivity index (χ3n) is 4.10. The van der Waals surface area contributed by atoms with Crippen LogP contribution in [-0.2, 0) is 4.74 Å². The SMILES string of the molecule is Nc1nc(N2CCOCC2)c2nc(-c3ccc(OC(F)(F)F)cc3)cnc2n1. The Kier molecular flexibility index (Phi) is 4.59. The van der Waals surface area contributed by atoms with E-state index in [1.54, 1.807) is 0 Å². The van der Waals surface area contributed by atoms with E-state index >= 15 is 0 Å². The average molecular weight is 392 g/mol. The number of ether oxygens (including phenoxy) is 2. The van der Waals surface area contributed by atoms with Crippen molar-refractivity contribution >= 4 is 22.9 Å². The number of anilines is 2. The number of benzene rings is 1. The van der Waals surface area contributed by atoms with Gasteiger partial charge in [-0.3, -0.25) is 0 Å². The van der Waals surface area contributed by atoms with E-state index in [4.69, 9.17) is 10.5 Å². The highest BCUT2D eigenvalue weighted by molar-refractivity contribution is 5.85. The van der Waals surface area contributed by atoms with Crippen LogP contribution in [0.4, 0.5) is 24.9 Å². The average Bonchev–Trinajstić information content (AvgIpc) is 2.67. The van der Waals surface area contributed by atoms with E-state index in [2.05, 4.69) is 24.7 Å². The summed E-state index contributed by atoms with van der Waals surface area (Å²) in [6, 6.07) is 5.39. The highest BCUT2D eigenvalue weighted by Gasteiger charge is 2.31. The van der Waals surface area contributed by atoms with E-state index in [9.17, 15) is 13.2 Å². The lowest BCUT2D eigenvalue weighted by Gasteiger charge is -2.28. The molecule has 146 valence electrons. The summed E-state index contributed by atoms with van der Waals surface area (Å²) in [6.07, 6.45) is -3.26. The van der Waals surface area contributed by atoms with Crippen LogP contribution < -0.4 is 15.4 Å². The van der Waals surface area contributed by atoms with Crippen LogP contribution in [0.1, 0.15) is 0 Å². The van der Waals surface area contributed by atoms with Crippen molar-refractivity contribution < 1.29 is 22.6 Å². The molecule has 2 aromatic heterocycles. The number of halogens is 3. The first-order chi connectivity index (χ1) is 13.4. The first-order valence-electron chi connectivity index (χ1n) is 8.38. The van der Waals surface area contributed by atoms with Crippen LogP contribution in [0.3, 0.4) is 0 Å². The van der Waals surface area contributed by atoms with E-state index in [1.807, 2.05) is 4.90 Å². The van der Waals surface area contributed by atoms with Gasteiger partial charge in [-0.15, -0.1) is 13.2 Å². The quantitative estimate of drug-likeness (QED) is 0.726. The smallest absolute Gasteiger partial charge is 0.406 e. The predicted molar refractivity (Wildman–Crippen MR) is 94.7 cm³/mol. The third kappa shape index (κ3) is 3.88. The highest BCUT2D eigenvalue weighted by Crippen LogP contribution is 2.28. The van der Waals surface area contributed by atoms with E-state index in [-0.39, 0.29) is 11.7 Å². The standard InChI is InChI=1S/C17H15F3N6O2/c18-17(19,20)28-11-3-1-10(2-4-11)12-9-22-14-13(23-12)15(25-16(21)24-14)26-5-7-27-8-6-26/h1-4,9H,5-8H2,(H2,21,22,24,25). The Balaban J connectivity index is 1.71. The Labute approximate surface area is 157 Å². The van der Waals surface area contributed by atoms with E-state index < -0.39 is 6.36 Å². The molecule has 1 aliphatic rings. The Morgan fingerprint density at radius 2 is 1.75 bits per heavy atom. The number of hydrogen-bond donors (Lipinski definition) is 1. The molecule has 0 aliphatic carbocycles. The molecule has 4 rings (SSSR count). The van der Waals surface area contributed by atoms with Gasteiger partial charge in [-0.25, -0.2) is 9.97 Å². The molecule has 0 unspecified atom stereocenters. The Morgan fingerprint density at radius 3 is 2.43 bits per heavy atom. The van der Waals surface area contributed by atoms with E-state index in [0.717, 1.165) is 0 Å². The first kappa shape index (κ1) is 18.2. The van der Waals surface area contributed by atoms with Crippen molar-refractivity contribution in [2.75, 3.05) is 36.9 Å². The Morgan fingerprint density at radius 1 is 1.04 bits per heavy atom. The largest absolute Gasteiger partial charge is 0.573 e. The van der Waals surface area contributed by atoms with Gasteiger partial charge in [-0.2, -0.15) is 9.97 Å². The van der Waals surface area contributed by atoms with Crippen molar-refractivity contribution in [1.82, 2.24) is 19.9 Å². The number of nitrogens with two attached hydrogens (primary N) is 1. The molecule has 11 heteroatoms. The van der Waals surface area contributed by atoms with Crippen LogP contribution in [0.5, 0.6) is 5.75 Å². The maximum absolute atomic E-state index is 12.3. The van der Waals surface area contributed by atoms with Crippen molar-refractivity contribution in [3.05, 3.63) is 30.5 Å². The second-order valence-electron chi connectivity index (χ2n) is 6.00. The molecule has 3 heterocycles. The Hall–Kier alpha value is -3.21. The van der Waals surface area contributed by atoms with Gasteiger partial charge in [0, 0.05) is 18.7 Å². The van der Waals surface area contributed by atoms with Crippen molar-refractivity contribution in [3.8, 4) is 17.0 Å².